The van der Waals surface area contributed by atoms with Gasteiger partial charge < -0.3 is 10.4 Å². The Labute approximate surface area is 123 Å². The first kappa shape index (κ1) is 16.0. The van der Waals surface area contributed by atoms with Gasteiger partial charge in [0.05, 0.1) is 24.4 Å². The molecule has 0 aliphatic heterocycles. The molecule has 2 N–H and O–H groups in total. The number of aryl methyl sites for hydroxylation is 1. The third kappa shape index (κ3) is 3.42. The van der Waals surface area contributed by atoms with Gasteiger partial charge in [0.2, 0.25) is 0 Å². The molecule has 0 saturated heterocycles. The van der Waals surface area contributed by atoms with Crippen molar-refractivity contribution in [2.24, 2.45) is 7.05 Å². The third-order valence-electron chi connectivity index (χ3n) is 2.96. The van der Waals surface area contributed by atoms with Crippen LogP contribution in [0.25, 0.3) is 0 Å². The summed E-state index contributed by atoms with van der Waals surface area (Å²) in [6, 6.07) is 3.55. The second-order valence-electron chi connectivity index (χ2n) is 4.57. The maximum atomic E-state index is 13.0. The first-order valence-corrected chi connectivity index (χ1v) is 6.27. The largest absolute Gasteiger partial charge is 0.416 e. The number of aromatic nitrogens is 3. The van der Waals surface area contributed by atoms with E-state index in [0.29, 0.717) is 0 Å². The predicted octanol–water partition coefficient (Wildman–Crippen LogP) is 1.30. The van der Waals surface area contributed by atoms with Gasteiger partial charge in [-0.25, -0.2) is 0 Å². The number of nitrogens with zero attached hydrogens (tertiary/aromatic N) is 3. The highest BCUT2D eigenvalue weighted by Gasteiger charge is 2.35. The van der Waals surface area contributed by atoms with Crippen LogP contribution in [0.1, 0.15) is 27.7 Å². The van der Waals surface area contributed by atoms with E-state index in [9.17, 15) is 23.1 Å². The molecule has 0 aliphatic rings. The Kier molecular flexibility index (Phi) is 4.45. The van der Waals surface area contributed by atoms with Crippen molar-refractivity contribution in [3.63, 3.8) is 0 Å². The van der Waals surface area contributed by atoms with Gasteiger partial charge in [0.15, 0.2) is 5.69 Å². The zero-order chi connectivity index (χ0) is 16.3. The van der Waals surface area contributed by atoms with E-state index in [1.165, 1.54) is 29.1 Å². The number of amides is 1. The van der Waals surface area contributed by atoms with Crippen molar-refractivity contribution in [1.82, 2.24) is 20.3 Å². The Morgan fingerprint density at radius 1 is 1.41 bits per heavy atom. The predicted molar refractivity (Wildman–Crippen MR) is 69.7 cm³/mol. The number of benzene rings is 1. The number of nitrogens with one attached hydrogen (secondary N) is 1. The summed E-state index contributed by atoms with van der Waals surface area (Å²) in [6.45, 7) is -0.681. The number of carbonyl (C=O) groups is 1. The fourth-order valence-corrected chi connectivity index (χ4v) is 1.96. The van der Waals surface area contributed by atoms with Crippen LogP contribution in [-0.2, 0) is 13.2 Å². The van der Waals surface area contributed by atoms with E-state index in [4.69, 9.17) is 0 Å². The maximum Gasteiger partial charge on any atom is 0.416 e. The van der Waals surface area contributed by atoms with Gasteiger partial charge in [-0.3, -0.25) is 9.48 Å². The smallest absolute Gasteiger partial charge is 0.394 e. The minimum atomic E-state index is -4.58. The first-order valence-electron chi connectivity index (χ1n) is 6.27. The maximum absolute atomic E-state index is 13.0. The lowest BCUT2D eigenvalue weighted by atomic mass is 10.00. The molecular weight excluding hydrogens is 301 g/mol. The summed E-state index contributed by atoms with van der Waals surface area (Å²) < 4.78 is 40.3. The van der Waals surface area contributed by atoms with Crippen LogP contribution in [0.5, 0.6) is 0 Å². The van der Waals surface area contributed by atoms with Crippen molar-refractivity contribution in [3.05, 3.63) is 47.3 Å². The van der Waals surface area contributed by atoms with Crippen LogP contribution in [0.4, 0.5) is 13.2 Å². The highest BCUT2D eigenvalue weighted by molar-refractivity contribution is 5.92. The van der Waals surface area contributed by atoms with Crippen LogP contribution in [0.2, 0.25) is 0 Å². The molecule has 2 rings (SSSR count). The van der Waals surface area contributed by atoms with E-state index in [1.807, 2.05) is 0 Å². The molecule has 6 nitrogen and oxygen atoms in total. The van der Waals surface area contributed by atoms with Gasteiger partial charge in [-0.2, -0.15) is 13.2 Å². The summed E-state index contributed by atoms with van der Waals surface area (Å²) in [5.74, 6) is -0.718. The lowest BCUT2D eigenvalue weighted by Crippen LogP contribution is -2.32. The Bertz CT molecular complexity index is 669. The summed E-state index contributed by atoms with van der Waals surface area (Å²) in [5, 5.41) is 18.8. The molecule has 0 radical (unpaired) electrons. The first-order chi connectivity index (χ1) is 10.3. The van der Waals surface area contributed by atoms with Gasteiger partial charge in [-0.05, 0) is 11.6 Å². The Morgan fingerprint density at radius 3 is 2.64 bits per heavy atom. The molecule has 0 saturated carbocycles. The molecule has 0 spiro atoms. The summed E-state index contributed by atoms with van der Waals surface area (Å²) in [7, 11) is 1.55. The van der Waals surface area contributed by atoms with Crippen LogP contribution in [0.15, 0.2) is 30.5 Å². The monoisotopic (exact) mass is 314 g/mol. The molecule has 0 fully saturated rings. The molecule has 9 heteroatoms. The van der Waals surface area contributed by atoms with Gasteiger partial charge in [0.25, 0.3) is 5.91 Å². The quantitative estimate of drug-likeness (QED) is 0.891. The van der Waals surface area contributed by atoms with Crippen molar-refractivity contribution in [2.45, 2.75) is 12.2 Å². The van der Waals surface area contributed by atoms with E-state index in [-0.39, 0.29) is 11.3 Å². The molecule has 0 aliphatic carbocycles. The molecule has 1 amide bonds. The van der Waals surface area contributed by atoms with E-state index in [1.54, 1.807) is 7.05 Å². The number of carbonyl (C=O) groups excluding carboxylic acids is 1. The van der Waals surface area contributed by atoms with Crippen molar-refractivity contribution in [3.8, 4) is 0 Å². The molecule has 2 aromatic rings. The van der Waals surface area contributed by atoms with Crippen molar-refractivity contribution >= 4 is 5.91 Å². The van der Waals surface area contributed by atoms with Crippen LogP contribution in [0, 0.1) is 0 Å². The van der Waals surface area contributed by atoms with Gasteiger partial charge in [0, 0.05) is 7.05 Å². The van der Waals surface area contributed by atoms with Crippen molar-refractivity contribution in [1.29, 1.82) is 0 Å². The number of rotatable bonds is 4. The summed E-state index contributed by atoms with van der Waals surface area (Å²) in [6.07, 6.45) is -3.26. The van der Waals surface area contributed by atoms with Crippen LogP contribution < -0.4 is 5.32 Å². The van der Waals surface area contributed by atoms with Gasteiger partial charge >= 0.3 is 6.18 Å². The number of hydrogen-bond acceptors (Lipinski definition) is 4. The fraction of sp³-hybridized carbons (Fsp3) is 0.308. The number of halogens is 3. The average molecular weight is 314 g/mol. The number of aliphatic hydroxyl groups excluding tert-OH is 1. The Balaban J connectivity index is 2.28. The molecule has 118 valence electrons. The van der Waals surface area contributed by atoms with E-state index >= 15 is 0 Å². The minimum absolute atomic E-state index is 0.0505. The zero-order valence-electron chi connectivity index (χ0n) is 11.5. The topological polar surface area (TPSA) is 80.0 Å². The van der Waals surface area contributed by atoms with Crippen molar-refractivity contribution in [2.75, 3.05) is 6.61 Å². The number of alkyl halides is 3. The second kappa shape index (κ2) is 6.14. The Hall–Kier alpha value is -2.42. The standard InChI is InChI=1S/C13H13F3N4O2/c1-20-6-10(18-19-20)12(22)17-11(7-21)8-4-2-3-5-9(8)13(14,15)16/h2-6,11,21H,7H2,1H3,(H,17,22). The van der Waals surface area contributed by atoms with Gasteiger partial charge in [-0.1, -0.05) is 23.4 Å². The summed E-state index contributed by atoms with van der Waals surface area (Å²) >= 11 is 0. The molecule has 1 aromatic heterocycles. The molecule has 22 heavy (non-hydrogen) atoms. The van der Waals surface area contributed by atoms with Crippen molar-refractivity contribution < 1.29 is 23.1 Å². The summed E-state index contributed by atoms with van der Waals surface area (Å²) in [5.41, 5.74) is -1.17. The SMILES string of the molecule is Cn1cc(C(=O)NC(CO)c2ccccc2C(F)(F)F)nn1. The van der Waals surface area contributed by atoms with Crippen LogP contribution in [-0.4, -0.2) is 32.6 Å². The highest BCUT2D eigenvalue weighted by Crippen LogP contribution is 2.34. The highest BCUT2D eigenvalue weighted by atomic mass is 19.4. The molecule has 1 unspecified atom stereocenters. The Morgan fingerprint density at radius 2 is 2.09 bits per heavy atom. The van der Waals surface area contributed by atoms with E-state index < -0.39 is 30.3 Å². The van der Waals surface area contributed by atoms with Crippen LogP contribution >= 0.6 is 0 Å². The third-order valence-corrected chi connectivity index (χ3v) is 2.96. The fourth-order valence-electron chi connectivity index (χ4n) is 1.96. The molecule has 0 bridgehead atoms. The summed E-state index contributed by atoms with van der Waals surface area (Å²) in [4.78, 5) is 11.9. The number of aliphatic hydroxyl groups is 1. The van der Waals surface area contributed by atoms with Gasteiger partial charge in [0.1, 0.15) is 0 Å². The molecule has 1 aromatic carbocycles. The minimum Gasteiger partial charge on any atom is -0.394 e. The zero-order valence-corrected chi connectivity index (χ0v) is 11.5. The lowest BCUT2D eigenvalue weighted by molar-refractivity contribution is -0.138. The van der Waals surface area contributed by atoms with E-state index in [0.717, 1.165) is 6.07 Å². The molecule has 1 heterocycles. The normalized spacial score (nSPS) is 13.0. The molecule has 1 atom stereocenters. The number of hydrogen-bond donors (Lipinski definition) is 2. The van der Waals surface area contributed by atoms with E-state index in [2.05, 4.69) is 15.6 Å². The lowest BCUT2D eigenvalue weighted by Gasteiger charge is -2.20. The average Bonchev–Trinajstić information content (AvgIpc) is 2.90. The second-order valence-corrected chi connectivity index (χ2v) is 4.57. The van der Waals surface area contributed by atoms with Crippen LogP contribution in [0.3, 0.4) is 0 Å². The molecular formula is C13H13F3N4O2. The van der Waals surface area contributed by atoms with Gasteiger partial charge in [-0.15, -0.1) is 5.10 Å².